The number of aliphatic hydroxyl groups is 1. The molecule has 0 aromatic heterocycles. The lowest BCUT2D eigenvalue weighted by Crippen LogP contribution is -2.48. The van der Waals surface area contributed by atoms with E-state index in [1.165, 1.54) is 7.11 Å². The number of amides is 1. The lowest BCUT2D eigenvalue weighted by atomic mass is 10.2. The molecule has 0 aliphatic heterocycles. The molecule has 1 unspecified atom stereocenters. The van der Waals surface area contributed by atoms with E-state index in [1.54, 1.807) is 11.8 Å². The second-order valence-electron chi connectivity index (χ2n) is 3.23. The summed E-state index contributed by atoms with van der Waals surface area (Å²) in [7, 11) is 1.52. The molecule has 0 radical (unpaired) electrons. The van der Waals surface area contributed by atoms with Gasteiger partial charge in [-0.3, -0.25) is 4.79 Å². The molecule has 0 aliphatic carbocycles. The van der Waals surface area contributed by atoms with Crippen molar-refractivity contribution in [1.29, 1.82) is 0 Å². The van der Waals surface area contributed by atoms with Gasteiger partial charge in [0.15, 0.2) is 0 Å². The van der Waals surface area contributed by atoms with E-state index in [-0.39, 0.29) is 25.2 Å². The largest absolute Gasteiger partial charge is 0.394 e. The third-order valence-corrected chi connectivity index (χ3v) is 2.55. The van der Waals surface area contributed by atoms with Gasteiger partial charge in [0, 0.05) is 7.11 Å². The number of hydrogen-bond donors (Lipinski definition) is 3. The molecule has 4 N–H and O–H groups in total. The minimum absolute atomic E-state index is 0.144. The molecule has 6 heteroatoms. The van der Waals surface area contributed by atoms with Gasteiger partial charge in [0.25, 0.3) is 0 Å². The van der Waals surface area contributed by atoms with Crippen LogP contribution < -0.4 is 11.1 Å². The third-order valence-electron chi connectivity index (χ3n) is 1.90. The Morgan fingerprint density at radius 3 is 2.80 bits per heavy atom. The van der Waals surface area contributed by atoms with Gasteiger partial charge in [0.2, 0.25) is 5.91 Å². The summed E-state index contributed by atoms with van der Waals surface area (Å²) in [4.78, 5) is 11.5. The van der Waals surface area contributed by atoms with Crippen LogP contribution in [-0.2, 0) is 9.53 Å². The van der Waals surface area contributed by atoms with Gasteiger partial charge in [0.05, 0.1) is 25.3 Å². The van der Waals surface area contributed by atoms with Crippen LogP contribution >= 0.6 is 11.8 Å². The summed E-state index contributed by atoms with van der Waals surface area (Å²) >= 11 is 1.65. The van der Waals surface area contributed by atoms with Gasteiger partial charge >= 0.3 is 0 Å². The second-order valence-corrected chi connectivity index (χ2v) is 4.22. The number of ether oxygens (including phenoxy) is 1. The van der Waals surface area contributed by atoms with Crippen molar-refractivity contribution in [2.45, 2.75) is 18.5 Å². The highest BCUT2D eigenvalue weighted by Gasteiger charge is 2.16. The number of nitrogens with two attached hydrogens (primary N) is 1. The number of carbonyl (C=O) groups is 1. The number of aliphatic hydroxyl groups excluding tert-OH is 1. The second kappa shape index (κ2) is 8.96. The van der Waals surface area contributed by atoms with Crippen molar-refractivity contribution in [2.75, 3.05) is 32.3 Å². The Hall–Kier alpha value is -0.300. The summed E-state index contributed by atoms with van der Waals surface area (Å²) in [5.74, 6) is 0.614. The lowest BCUT2D eigenvalue weighted by Gasteiger charge is -2.18. The zero-order valence-corrected chi connectivity index (χ0v) is 10.0. The molecule has 1 amide bonds. The molecule has 0 saturated carbocycles. The molecule has 0 spiro atoms. The number of nitrogens with one attached hydrogen (secondary N) is 1. The first-order valence-electron chi connectivity index (χ1n) is 4.80. The first kappa shape index (κ1) is 14.7. The molecule has 5 nitrogen and oxygen atoms in total. The molecule has 0 aliphatic rings. The Balaban J connectivity index is 3.87. The highest BCUT2D eigenvalue weighted by atomic mass is 32.2. The molecule has 15 heavy (non-hydrogen) atoms. The maximum atomic E-state index is 11.5. The van der Waals surface area contributed by atoms with E-state index in [9.17, 15) is 4.79 Å². The monoisotopic (exact) mass is 236 g/mol. The van der Waals surface area contributed by atoms with E-state index < -0.39 is 6.04 Å². The van der Waals surface area contributed by atoms with Crippen LogP contribution in [-0.4, -0.2) is 55.4 Å². The fraction of sp³-hybridized carbons (Fsp3) is 0.889. The van der Waals surface area contributed by atoms with Crippen molar-refractivity contribution in [2.24, 2.45) is 5.73 Å². The van der Waals surface area contributed by atoms with Crippen molar-refractivity contribution in [3.8, 4) is 0 Å². The van der Waals surface area contributed by atoms with Crippen molar-refractivity contribution < 1.29 is 14.6 Å². The highest BCUT2D eigenvalue weighted by molar-refractivity contribution is 7.98. The predicted octanol–water partition coefficient (Wildman–Crippen LogP) is -0.810. The van der Waals surface area contributed by atoms with Gasteiger partial charge in [-0.05, 0) is 18.4 Å². The molecule has 0 fully saturated rings. The first-order valence-corrected chi connectivity index (χ1v) is 6.19. The SMILES string of the molecule is COCC(CO)NC(=O)[C@@H](N)CCSC. The summed E-state index contributed by atoms with van der Waals surface area (Å²) < 4.78 is 4.84. The molecule has 0 aromatic carbocycles. The van der Waals surface area contributed by atoms with E-state index in [2.05, 4.69) is 5.32 Å². The summed E-state index contributed by atoms with van der Waals surface area (Å²) in [6.45, 7) is 0.145. The lowest BCUT2D eigenvalue weighted by molar-refractivity contribution is -0.123. The van der Waals surface area contributed by atoms with Crippen molar-refractivity contribution in [3.05, 3.63) is 0 Å². The number of carbonyl (C=O) groups excluding carboxylic acids is 1. The molecule has 0 aromatic rings. The molecular formula is C9H20N2O3S. The normalized spacial score (nSPS) is 14.7. The zero-order valence-electron chi connectivity index (χ0n) is 9.23. The number of rotatable bonds is 8. The van der Waals surface area contributed by atoms with Gasteiger partial charge in [-0.2, -0.15) is 11.8 Å². The molecule has 0 heterocycles. The molecule has 0 bridgehead atoms. The van der Waals surface area contributed by atoms with Crippen LogP contribution in [0, 0.1) is 0 Å². The quantitative estimate of drug-likeness (QED) is 0.513. The number of thioether (sulfide) groups is 1. The first-order chi connectivity index (χ1) is 7.15. The van der Waals surface area contributed by atoms with Gasteiger partial charge < -0.3 is 20.9 Å². The van der Waals surface area contributed by atoms with Crippen molar-refractivity contribution in [1.82, 2.24) is 5.32 Å². The number of hydrogen-bond acceptors (Lipinski definition) is 5. The number of methoxy groups -OCH3 is 1. The Morgan fingerprint density at radius 2 is 2.33 bits per heavy atom. The van der Waals surface area contributed by atoms with Gasteiger partial charge in [0.1, 0.15) is 0 Å². The topological polar surface area (TPSA) is 84.6 Å². The zero-order chi connectivity index (χ0) is 11.7. The van der Waals surface area contributed by atoms with E-state index in [1.807, 2.05) is 6.26 Å². The van der Waals surface area contributed by atoms with Crippen LogP contribution in [0.4, 0.5) is 0 Å². The maximum absolute atomic E-state index is 11.5. The van der Waals surface area contributed by atoms with Gasteiger partial charge in [-0.1, -0.05) is 0 Å². The molecular weight excluding hydrogens is 216 g/mol. The average molecular weight is 236 g/mol. The van der Waals surface area contributed by atoms with Crippen LogP contribution in [0.15, 0.2) is 0 Å². The summed E-state index contributed by atoms with van der Waals surface area (Å²) in [5, 5.41) is 11.6. The Morgan fingerprint density at radius 1 is 1.67 bits per heavy atom. The summed E-state index contributed by atoms with van der Waals surface area (Å²) in [5.41, 5.74) is 5.65. The standard InChI is InChI=1S/C9H20N2O3S/c1-14-6-7(5-12)11-9(13)8(10)3-4-15-2/h7-8,12H,3-6,10H2,1-2H3,(H,11,13)/t7?,8-/m0/s1. The average Bonchev–Trinajstić information content (AvgIpc) is 2.24. The Bertz CT molecular complexity index is 181. The predicted molar refractivity (Wildman–Crippen MR) is 61.9 cm³/mol. The van der Waals surface area contributed by atoms with Crippen LogP contribution in [0.3, 0.4) is 0 Å². The minimum Gasteiger partial charge on any atom is -0.394 e. The molecule has 0 saturated heterocycles. The van der Waals surface area contributed by atoms with Crippen LogP contribution in [0.25, 0.3) is 0 Å². The summed E-state index contributed by atoms with van der Waals surface area (Å²) in [6, 6.07) is -0.883. The van der Waals surface area contributed by atoms with Crippen molar-refractivity contribution >= 4 is 17.7 Å². The summed E-state index contributed by atoms with van der Waals surface area (Å²) in [6.07, 6.45) is 2.60. The molecule has 90 valence electrons. The van der Waals surface area contributed by atoms with E-state index in [0.717, 1.165) is 5.75 Å². The van der Waals surface area contributed by atoms with Gasteiger partial charge in [-0.15, -0.1) is 0 Å². The van der Waals surface area contributed by atoms with E-state index in [0.29, 0.717) is 6.42 Å². The van der Waals surface area contributed by atoms with E-state index in [4.69, 9.17) is 15.6 Å². The maximum Gasteiger partial charge on any atom is 0.237 e. The Labute approximate surface area is 94.7 Å². The smallest absolute Gasteiger partial charge is 0.237 e. The highest BCUT2D eigenvalue weighted by Crippen LogP contribution is 1.99. The fourth-order valence-electron chi connectivity index (χ4n) is 1.03. The molecule has 0 rings (SSSR count). The minimum atomic E-state index is -0.511. The van der Waals surface area contributed by atoms with Crippen LogP contribution in [0.2, 0.25) is 0 Å². The van der Waals surface area contributed by atoms with Crippen LogP contribution in [0.1, 0.15) is 6.42 Å². The van der Waals surface area contributed by atoms with Gasteiger partial charge in [-0.25, -0.2) is 0 Å². The molecule has 2 atom stereocenters. The Kier molecular flexibility index (Phi) is 8.79. The third kappa shape index (κ3) is 6.72. The van der Waals surface area contributed by atoms with E-state index >= 15 is 0 Å². The fourth-order valence-corrected chi connectivity index (χ4v) is 1.51. The van der Waals surface area contributed by atoms with Crippen molar-refractivity contribution in [3.63, 3.8) is 0 Å². The van der Waals surface area contributed by atoms with Crippen LogP contribution in [0.5, 0.6) is 0 Å².